The van der Waals surface area contributed by atoms with Crippen LogP contribution in [-0.4, -0.2) is 53.2 Å². The number of urea groups is 1. The number of nitrogens with zero attached hydrogens (tertiary/aromatic N) is 3. The summed E-state index contributed by atoms with van der Waals surface area (Å²) in [7, 11) is 0. The molecule has 2 N–H and O–H groups in total. The fourth-order valence-corrected chi connectivity index (χ4v) is 5.09. The molecule has 8 heteroatoms. The van der Waals surface area contributed by atoms with Crippen molar-refractivity contribution in [2.75, 3.05) is 31.5 Å². The third kappa shape index (κ3) is 5.72. The highest BCUT2D eigenvalue weighted by molar-refractivity contribution is 5.89. The molecule has 0 radical (unpaired) electrons. The molecule has 1 saturated heterocycles. The van der Waals surface area contributed by atoms with Gasteiger partial charge in [-0.3, -0.25) is 0 Å². The van der Waals surface area contributed by atoms with Gasteiger partial charge in [0.15, 0.2) is 0 Å². The van der Waals surface area contributed by atoms with Gasteiger partial charge in [0.05, 0.1) is 17.2 Å². The van der Waals surface area contributed by atoms with Crippen molar-refractivity contribution in [3.05, 3.63) is 65.2 Å². The first kappa shape index (κ1) is 24.1. The van der Waals surface area contributed by atoms with Crippen LogP contribution < -0.4 is 5.32 Å². The Morgan fingerprint density at radius 1 is 1.15 bits per heavy atom. The Kier molecular flexibility index (Phi) is 7.44. The summed E-state index contributed by atoms with van der Waals surface area (Å²) in [5.74, 6) is -1.50. The van der Waals surface area contributed by atoms with Crippen LogP contribution in [0.3, 0.4) is 0 Å². The first-order valence-corrected chi connectivity index (χ1v) is 11.9. The lowest BCUT2D eigenvalue weighted by Gasteiger charge is -2.41. The minimum atomic E-state index is -1.05. The van der Waals surface area contributed by atoms with E-state index in [4.69, 9.17) is 0 Å². The number of halogens is 2. The van der Waals surface area contributed by atoms with Gasteiger partial charge in [0, 0.05) is 30.9 Å². The van der Waals surface area contributed by atoms with E-state index in [1.165, 1.54) is 0 Å². The molecule has 1 heterocycles. The summed E-state index contributed by atoms with van der Waals surface area (Å²) in [5, 5.41) is 23.1. The van der Waals surface area contributed by atoms with Crippen molar-refractivity contribution in [3.8, 4) is 6.07 Å². The molecule has 1 saturated carbocycles. The Morgan fingerprint density at radius 2 is 1.82 bits per heavy atom. The summed E-state index contributed by atoms with van der Waals surface area (Å²) in [5.41, 5.74) is 0.246. The fourth-order valence-electron chi connectivity index (χ4n) is 5.09. The number of carbonyl (C=O) groups excluding carboxylic acids is 1. The van der Waals surface area contributed by atoms with Gasteiger partial charge in [0.1, 0.15) is 11.6 Å². The highest BCUT2D eigenvalue weighted by Gasteiger charge is 2.38. The molecular formula is C26H30F2N4O2. The summed E-state index contributed by atoms with van der Waals surface area (Å²) in [4.78, 5) is 17.3. The predicted octanol–water partition coefficient (Wildman–Crippen LogP) is 4.60. The first-order valence-electron chi connectivity index (χ1n) is 11.9. The summed E-state index contributed by atoms with van der Waals surface area (Å²) >= 11 is 0. The first-order chi connectivity index (χ1) is 16.4. The Morgan fingerprint density at radius 3 is 2.47 bits per heavy atom. The van der Waals surface area contributed by atoms with Crippen molar-refractivity contribution in [2.45, 2.75) is 50.2 Å². The lowest BCUT2D eigenvalue weighted by Crippen LogP contribution is -2.49. The van der Waals surface area contributed by atoms with Gasteiger partial charge in [0.25, 0.3) is 0 Å². The molecule has 4 rings (SSSR count). The topological polar surface area (TPSA) is 79.6 Å². The number of aliphatic hydroxyl groups is 1. The van der Waals surface area contributed by atoms with Gasteiger partial charge in [0.2, 0.25) is 0 Å². The zero-order valence-electron chi connectivity index (χ0n) is 19.1. The van der Waals surface area contributed by atoms with Crippen molar-refractivity contribution < 1.29 is 18.7 Å². The smallest absolute Gasteiger partial charge is 0.322 e. The molecule has 0 atom stereocenters. The van der Waals surface area contributed by atoms with Crippen LogP contribution in [0.5, 0.6) is 0 Å². The van der Waals surface area contributed by atoms with Crippen LogP contribution in [0.1, 0.15) is 49.7 Å². The third-order valence-corrected chi connectivity index (χ3v) is 6.98. The maximum absolute atomic E-state index is 13.6. The van der Waals surface area contributed by atoms with Gasteiger partial charge in [-0.2, -0.15) is 5.26 Å². The second-order valence-electron chi connectivity index (χ2n) is 9.29. The maximum Gasteiger partial charge on any atom is 0.322 e. The molecule has 2 fully saturated rings. The SMILES string of the molecule is N#Cc1cccc([C@]2(O)CC[C@@H](N(CCN3CCCC3)C(=O)Nc3cc(F)cc(F)c3)CC2)c1. The number of anilines is 1. The van der Waals surface area contributed by atoms with Crippen molar-refractivity contribution >= 4 is 11.7 Å². The van der Waals surface area contributed by atoms with E-state index in [1.807, 2.05) is 6.07 Å². The maximum atomic E-state index is 13.6. The zero-order valence-corrected chi connectivity index (χ0v) is 19.1. The predicted molar refractivity (Wildman–Crippen MR) is 125 cm³/mol. The zero-order chi connectivity index (χ0) is 24.1. The number of nitrogens with one attached hydrogen (secondary N) is 1. The molecule has 0 bridgehead atoms. The normalized spacial score (nSPS) is 22.8. The Hall–Kier alpha value is -3.02. The minimum Gasteiger partial charge on any atom is -0.385 e. The van der Waals surface area contributed by atoms with E-state index in [9.17, 15) is 23.9 Å². The van der Waals surface area contributed by atoms with Crippen LogP contribution >= 0.6 is 0 Å². The van der Waals surface area contributed by atoms with Crippen LogP contribution in [0, 0.1) is 23.0 Å². The monoisotopic (exact) mass is 468 g/mol. The van der Waals surface area contributed by atoms with E-state index in [-0.39, 0.29) is 11.7 Å². The van der Waals surface area contributed by atoms with Gasteiger partial charge >= 0.3 is 6.03 Å². The second-order valence-corrected chi connectivity index (χ2v) is 9.29. The molecule has 2 amide bonds. The highest BCUT2D eigenvalue weighted by atomic mass is 19.1. The van der Waals surface area contributed by atoms with Crippen LogP contribution in [0.2, 0.25) is 0 Å². The van der Waals surface area contributed by atoms with E-state index in [1.54, 1.807) is 23.1 Å². The standard InChI is InChI=1S/C26H30F2N4O2/c27-21-15-22(28)17-23(16-21)30-25(33)32(13-12-31-10-1-2-11-31)24-6-8-26(34,9-7-24)20-5-3-4-19(14-20)18-29/h3-5,14-17,24,34H,1-2,6-13H2,(H,30,33)/t24-,26+. The summed E-state index contributed by atoms with van der Waals surface area (Å²) < 4.78 is 27.3. The number of hydrogen-bond donors (Lipinski definition) is 2. The number of benzene rings is 2. The molecular weight excluding hydrogens is 438 g/mol. The molecule has 1 aliphatic heterocycles. The van der Waals surface area contributed by atoms with Gasteiger partial charge in [-0.1, -0.05) is 12.1 Å². The van der Waals surface area contributed by atoms with E-state index in [2.05, 4.69) is 16.3 Å². The number of rotatable bonds is 6. The summed E-state index contributed by atoms with van der Waals surface area (Å²) in [6.45, 7) is 3.24. The quantitative estimate of drug-likeness (QED) is 0.650. The molecule has 2 aromatic rings. The Labute approximate surface area is 198 Å². The fraction of sp³-hybridized carbons (Fsp3) is 0.462. The van der Waals surface area contributed by atoms with Gasteiger partial charge in [-0.25, -0.2) is 13.6 Å². The minimum absolute atomic E-state index is 0.0781. The average molecular weight is 469 g/mol. The highest BCUT2D eigenvalue weighted by Crippen LogP contribution is 2.39. The van der Waals surface area contributed by atoms with E-state index >= 15 is 0 Å². The third-order valence-electron chi connectivity index (χ3n) is 6.98. The molecule has 1 aliphatic carbocycles. The number of carbonyl (C=O) groups is 1. The molecule has 180 valence electrons. The van der Waals surface area contributed by atoms with E-state index < -0.39 is 23.3 Å². The van der Waals surface area contributed by atoms with E-state index in [0.717, 1.165) is 50.7 Å². The van der Waals surface area contributed by atoms with Gasteiger partial charge in [-0.05, 0) is 81.4 Å². The molecule has 0 unspecified atom stereocenters. The number of likely N-dealkylation sites (tertiary alicyclic amines) is 1. The van der Waals surface area contributed by atoms with Crippen LogP contribution in [0.15, 0.2) is 42.5 Å². The van der Waals surface area contributed by atoms with Crippen molar-refractivity contribution in [2.24, 2.45) is 0 Å². The van der Waals surface area contributed by atoms with E-state index in [0.29, 0.717) is 43.4 Å². The Balaban J connectivity index is 1.47. The molecule has 0 spiro atoms. The van der Waals surface area contributed by atoms with Crippen molar-refractivity contribution in [1.29, 1.82) is 5.26 Å². The average Bonchev–Trinajstić information content (AvgIpc) is 3.33. The summed E-state index contributed by atoms with van der Waals surface area (Å²) in [6, 6.07) is 11.6. The number of hydrogen-bond acceptors (Lipinski definition) is 4. The molecule has 34 heavy (non-hydrogen) atoms. The van der Waals surface area contributed by atoms with Crippen LogP contribution in [0.4, 0.5) is 19.3 Å². The van der Waals surface area contributed by atoms with Gasteiger partial charge in [-0.15, -0.1) is 0 Å². The van der Waals surface area contributed by atoms with Crippen LogP contribution in [-0.2, 0) is 5.60 Å². The molecule has 2 aliphatic rings. The lowest BCUT2D eigenvalue weighted by atomic mass is 9.77. The lowest BCUT2D eigenvalue weighted by molar-refractivity contribution is -0.0198. The van der Waals surface area contributed by atoms with Gasteiger partial charge < -0.3 is 20.2 Å². The van der Waals surface area contributed by atoms with Crippen molar-refractivity contribution in [1.82, 2.24) is 9.80 Å². The molecule has 6 nitrogen and oxygen atoms in total. The number of nitriles is 1. The summed E-state index contributed by atoms with van der Waals surface area (Å²) in [6.07, 6.45) is 4.36. The molecule has 2 aromatic carbocycles. The van der Waals surface area contributed by atoms with Crippen molar-refractivity contribution in [3.63, 3.8) is 0 Å². The molecule has 0 aromatic heterocycles. The van der Waals surface area contributed by atoms with Crippen LogP contribution in [0.25, 0.3) is 0 Å². The largest absolute Gasteiger partial charge is 0.385 e. The second kappa shape index (κ2) is 10.5. The number of amides is 2. The Bertz CT molecular complexity index is 1040.